The van der Waals surface area contributed by atoms with E-state index in [0.29, 0.717) is 0 Å². The number of nitrogens with zero attached hydrogens (tertiary/aromatic N) is 2. The fourth-order valence-corrected chi connectivity index (χ4v) is 1.45. The maximum atomic E-state index is 10.5. The number of aromatic nitrogens is 2. The summed E-state index contributed by atoms with van der Waals surface area (Å²) >= 11 is 0. The van der Waals surface area contributed by atoms with Gasteiger partial charge in [0.05, 0.1) is 24.0 Å². The van der Waals surface area contributed by atoms with Crippen LogP contribution in [0.25, 0.3) is 5.52 Å². The molecule has 72 valence electrons. The molecule has 0 unspecified atom stereocenters. The summed E-state index contributed by atoms with van der Waals surface area (Å²) in [4.78, 5) is 14.6. The van der Waals surface area contributed by atoms with Gasteiger partial charge in [-0.2, -0.15) is 0 Å². The second-order valence-electron chi connectivity index (χ2n) is 3.23. The van der Waals surface area contributed by atoms with E-state index in [-0.39, 0.29) is 6.42 Å². The van der Waals surface area contributed by atoms with Crippen molar-refractivity contribution in [2.24, 2.45) is 0 Å². The fourth-order valence-electron chi connectivity index (χ4n) is 1.45. The molecular weight excluding hydrogens is 180 g/mol. The van der Waals surface area contributed by atoms with Gasteiger partial charge in [-0.25, -0.2) is 4.98 Å². The Labute approximate surface area is 80.8 Å². The number of hydrogen-bond donors (Lipinski definition) is 1. The molecule has 0 aliphatic heterocycles. The van der Waals surface area contributed by atoms with E-state index in [9.17, 15) is 4.79 Å². The molecule has 2 aromatic heterocycles. The average Bonchev–Trinajstić information content (AvgIpc) is 2.47. The van der Waals surface area contributed by atoms with Crippen molar-refractivity contribution in [3.05, 3.63) is 35.9 Å². The third-order valence-electron chi connectivity index (χ3n) is 2.15. The Balaban J connectivity index is 2.49. The minimum Gasteiger partial charge on any atom is -0.481 e. The lowest BCUT2D eigenvalue weighted by molar-refractivity contribution is -0.136. The van der Waals surface area contributed by atoms with Crippen LogP contribution < -0.4 is 0 Å². The summed E-state index contributed by atoms with van der Waals surface area (Å²) in [5.41, 5.74) is 2.68. The third kappa shape index (κ3) is 1.46. The first-order chi connectivity index (χ1) is 6.66. The van der Waals surface area contributed by atoms with Gasteiger partial charge in [-0.05, 0) is 24.6 Å². The molecule has 0 bridgehead atoms. The summed E-state index contributed by atoms with van der Waals surface area (Å²) in [6, 6.07) is 3.65. The van der Waals surface area contributed by atoms with Crippen LogP contribution in [-0.2, 0) is 11.2 Å². The van der Waals surface area contributed by atoms with E-state index in [2.05, 4.69) is 4.98 Å². The second kappa shape index (κ2) is 3.14. The molecule has 4 nitrogen and oxygen atoms in total. The van der Waals surface area contributed by atoms with E-state index in [1.54, 1.807) is 12.4 Å². The monoisotopic (exact) mass is 190 g/mol. The number of carboxylic acids is 1. The molecule has 0 atom stereocenters. The highest BCUT2D eigenvalue weighted by molar-refractivity contribution is 5.71. The molecule has 0 radical (unpaired) electrons. The number of hydrogen-bond acceptors (Lipinski definition) is 2. The van der Waals surface area contributed by atoms with Crippen molar-refractivity contribution in [3.8, 4) is 0 Å². The van der Waals surface area contributed by atoms with Gasteiger partial charge in [-0.3, -0.25) is 4.79 Å². The molecule has 0 fully saturated rings. The largest absolute Gasteiger partial charge is 0.481 e. The Morgan fingerprint density at radius 1 is 1.64 bits per heavy atom. The van der Waals surface area contributed by atoms with Gasteiger partial charge in [0.15, 0.2) is 0 Å². The fraction of sp³-hybridized carbons (Fsp3) is 0.200. The average molecular weight is 190 g/mol. The Kier molecular flexibility index (Phi) is 1.96. The van der Waals surface area contributed by atoms with Gasteiger partial charge >= 0.3 is 5.97 Å². The van der Waals surface area contributed by atoms with E-state index >= 15 is 0 Å². The summed E-state index contributed by atoms with van der Waals surface area (Å²) in [7, 11) is 0. The number of carbonyl (C=O) groups is 1. The van der Waals surface area contributed by atoms with Crippen LogP contribution in [0.5, 0.6) is 0 Å². The van der Waals surface area contributed by atoms with Crippen LogP contribution in [0, 0.1) is 6.92 Å². The Morgan fingerprint density at radius 2 is 2.43 bits per heavy atom. The van der Waals surface area contributed by atoms with Crippen LogP contribution in [0.3, 0.4) is 0 Å². The molecule has 0 saturated carbocycles. The molecule has 0 aliphatic carbocycles. The second-order valence-corrected chi connectivity index (χ2v) is 3.23. The van der Waals surface area contributed by atoms with Crippen LogP contribution in [0.15, 0.2) is 24.7 Å². The quantitative estimate of drug-likeness (QED) is 0.775. The zero-order valence-electron chi connectivity index (χ0n) is 7.77. The van der Waals surface area contributed by atoms with Crippen LogP contribution in [0.2, 0.25) is 0 Å². The molecule has 1 N–H and O–H groups in total. The molecular formula is C10H10N2O2. The first kappa shape index (κ1) is 8.74. The van der Waals surface area contributed by atoms with Gasteiger partial charge in [-0.1, -0.05) is 0 Å². The maximum absolute atomic E-state index is 10.5. The van der Waals surface area contributed by atoms with Gasteiger partial charge in [0.1, 0.15) is 0 Å². The van der Waals surface area contributed by atoms with Crippen molar-refractivity contribution in [3.63, 3.8) is 0 Å². The highest BCUT2D eigenvalue weighted by Gasteiger charge is 2.03. The van der Waals surface area contributed by atoms with Gasteiger partial charge < -0.3 is 9.51 Å². The number of rotatable bonds is 2. The highest BCUT2D eigenvalue weighted by atomic mass is 16.4. The van der Waals surface area contributed by atoms with Crippen molar-refractivity contribution in [2.75, 3.05) is 0 Å². The van der Waals surface area contributed by atoms with E-state index in [1.807, 2.05) is 23.6 Å². The first-order valence-electron chi connectivity index (χ1n) is 4.31. The standard InChI is InChI=1S/C10H10N2O2/c1-7-9-4-8(5-10(13)14)2-3-12(9)6-11-7/h2-4,6H,5H2,1H3,(H,13,14). The van der Waals surface area contributed by atoms with Crippen molar-refractivity contribution in [1.82, 2.24) is 9.38 Å². The normalized spacial score (nSPS) is 10.6. The van der Waals surface area contributed by atoms with Crippen LogP contribution >= 0.6 is 0 Å². The summed E-state index contributed by atoms with van der Waals surface area (Å²) in [5.74, 6) is -0.813. The van der Waals surface area contributed by atoms with E-state index in [4.69, 9.17) is 5.11 Å². The Hall–Kier alpha value is -1.84. The molecule has 2 rings (SSSR count). The van der Waals surface area contributed by atoms with E-state index in [1.165, 1.54) is 0 Å². The third-order valence-corrected chi connectivity index (χ3v) is 2.15. The number of imidazole rings is 1. The topological polar surface area (TPSA) is 54.6 Å². The lowest BCUT2D eigenvalue weighted by Crippen LogP contribution is -2.00. The number of fused-ring (bicyclic) bond motifs is 1. The Bertz CT molecular complexity index is 488. The maximum Gasteiger partial charge on any atom is 0.307 e. The SMILES string of the molecule is Cc1ncn2ccc(CC(=O)O)cc12. The van der Waals surface area contributed by atoms with Gasteiger partial charge in [0, 0.05) is 6.20 Å². The molecule has 0 amide bonds. The van der Waals surface area contributed by atoms with Crippen molar-refractivity contribution >= 4 is 11.5 Å². The number of carboxylic acid groups (broad SMARTS) is 1. The zero-order chi connectivity index (χ0) is 10.1. The molecule has 0 aromatic carbocycles. The predicted octanol–water partition coefficient (Wildman–Crippen LogP) is 1.27. The zero-order valence-corrected chi connectivity index (χ0v) is 7.77. The molecule has 2 heterocycles. The molecule has 0 aliphatic rings. The predicted molar refractivity (Wildman–Crippen MR) is 51.3 cm³/mol. The van der Waals surface area contributed by atoms with Crippen molar-refractivity contribution in [2.45, 2.75) is 13.3 Å². The highest BCUT2D eigenvalue weighted by Crippen LogP contribution is 2.11. The molecule has 4 heteroatoms. The minimum atomic E-state index is -0.813. The lowest BCUT2D eigenvalue weighted by atomic mass is 10.2. The summed E-state index contributed by atoms with van der Waals surface area (Å²) in [6.07, 6.45) is 3.60. The number of aryl methyl sites for hydroxylation is 1. The van der Waals surface area contributed by atoms with E-state index in [0.717, 1.165) is 16.8 Å². The summed E-state index contributed by atoms with van der Waals surface area (Å²) < 4.78 is 1.88. The van der Waals surface area contributed by atoms with E-state index < -0.39 is 5.97 Å². The molecule has 0 saturated heterocycles. The van der Waals surface area contributed by atoms with Crippen LogP contribution in [0.1, 0.15) is 11.3 Å². The van der Waals surface area contributed by atoms with Gasteiger partial charge in [-0.15, -0.1) is 0 Å². The Morgan fingerprint density at radius 3 is 3.14 bits per heavy atom. The molecule has 0 spiro atoms. The van der Waals surface area contributed by atoms with Crippen molar-refractivity contribution < 1.29 is 9.90 Å². The van der Waals surface area contributed by atoms with Crippen LogP contribution in [-0.4, -0.2) is 20.5 Å². The lowest BCUT2D eigenvalue weighted by Gasteiger charge is -1.99. The summed E-state index contributed by atoms with van der Waals surface area (Å²) in [6.45, 7) is 1.90. The minimum absolute atomic E-state index is 0.0567. The number of pyridine rings is 1. The van der Waals surface area contributed by atoms with Gasteiger partial charge in [0.2, 0.25) is 0 Å². The van der Waals surface area contributed by atoms with Gasteiger partial charge in [0.25, 0.3) is 0 Å². The first-order valence-corrected chi connectivity index (χ1v) is 4.31. The summed E-state index contributed by atoms with van der Waals surface area (Å²) in [5, 5.41) is 8.64. The molecule has 2 aromatic rings. The van der Waals surface area contributed by atoms with Crippen LogP contribution in [0.4, 0.5) is 0 Å². The van der Waals surface area contributed by atoms with Crippen molar-refractivity contribution in [1.29, 1.82) is 0 Å². The molecule has 14 heavy (non-hydrogen) atoms. The smallest absolute Gasteiger partial charge is 0.307 e. The number of aliphatic carboxylic acids is 1.